The molecule has 1 N–H and O–H groups in total. The van der Waals surface area contributed by atoms with Crippen molar-refractivity contribution in [1.29, 1.82) is 0 Å². The van der Waals surface area contributed by atoms with E-state index in [1.165, 1.54) is 0 Å². The first-order valence-corrected chi connectivity index (χ1v) is 10.8. The molecule has 0 aliphatic carbocycles. The standard InChI is InChI=1S/C20H38N4O3/c1-27-17-15-21-6-2-18(3-7-21)20(26)24-8-4-19(5-9-24)23-12-10-22(11-13-23)14-16-25/h18-19,25H,2-17H2,1H3. The summed E-state index contributed by atoms with van der Waals surface area (Å²) in [6.45, 7) is 11.0. The molecular weight excluding hydrogens is 344 g/mol. The summed E-state index contributed by atoms with van der Waals surface area (Å²) in [6, 6.07) is 0.626. The Bertz CT molecular complexity index is 441. The number of β-amino-alcohol motifs (C(OH)–C–C–N with tert-alkyl or cyclic N) is 1. The van der Waals surface area contributed by atoms with Crippen molar-refractivity contribution < 1.29 is 14.6 Å². The number of ether oxygens (including phenoxy) is 1. The second kappa shape index (κ2) is 10.7. The Labute approximate surface area is 164 Å². The maximum Gasteiger partial charge on any atom is 0.225 e. The minimum atomic E-state index is 0.224. The fourth-order valence-corrected chi connectivity index (χ4v) is 4.83. The Balaban J connectivity index is 1.36. The summed E-state index contributed by atoms with van der Waals surface area (Å²) >= 11 is 0. The van der Waals surface area contributed by atoms with Gasteiger partial charge in [0.15, 0.2) is 0 Å². The number of aliphatic hydroxyl groups is 1. The first kappa shape index (κ1) is 21.0. The molecule has 7 nitrogen and oxygen atoms in total. The molecule has 0 aromatic carbocycles. The maximum atomic E-state index is 12.9. The molecule has 3 fully saturated rings. The van der Waals surface area contributed by atoms with Crippen LogP contribution < -0.4 is 0 Å². The van der Waals surface area contributed by atoms with Crippen molar-refractivity contribution in [3.63, 3.8) is 0 Å². The van der Waals surface area contributed by atoms with Gasteiger partial charge < -0.3 is 19.6 Å². The van der Waals surface area contributed by atoms with Gasteiger partial charge in [0.05, 0.1) is 13.2 Å². The molecule has 0 aromatic rings. The third-order valence-electron chi connectivity index (χ3n) is 6.66. The van der Waals surface area contributed by atoms with E-state index in [1.807, 2.05) is 0 Å². The van der Waals surface area contributed by atoms with E-state index in [-0.39, 0.29) is 12.5 Å². The lowest BCUT2D eigenvalue weighted by Crippen LogP contribution is -2.54. The SMILES string of the molecule is COCCN1CCC(C(=O)N2CCC(N3CCN(CCO)CC3)CC2)CC1. The third kappa shape index (κ3) is 5.87. The average Bonchev–Trinajstić information content (AvgIpc) is 2.73. The topological polar surface area (TPSA) is 59.5 Å². The van der Waals surface area contributed by atoms with E-state index < -0.39 is 0 Å². The number of amides is 1. The maximum absolute atomic E-state index is 12.9. The number of carbonyl (C=O) groups is 1. The molecule has 0 aromatic heterocycles. The Morgan fingerprint density at radius 3 is 2.11 bits per heavy atom. The summed E-state index contributed by atoms with van der Waals surface area (Å²) < 4.78 is 5.16. The van der Waals surface area contributed by atoms with Crippen LogP contribution in [-0.4, -0.2) is 122 Å². The highest BCUT2D eigenvalue weighted by Gasteiger charge is 2.33. The predicted octanol–water partition coefficient (Wildman–Crippen LogP) is -0.0543. The van der Waals surface area contributed by atoms with Crippen molar-refractivity contribution in [2.45, 2.75) is 31.7 Å². The molecule has 3 heterocycles. The summed E-state index contributed by atoms with van der Waals surface area (Å²) in [4.78, 5) is 22.4. The molecule has 27 heavy (non-hydrogen) atoms. The van der Waals surface area contributed by atoms with Crippen molar-refractivity contribution in [2.24, 2.45) is 5.92 Å². The van der Waals surface area contributed by atoms with E-state index in [9.17, 15) is 4.79 Å². The van der Waals surface area contributed by atoms with Gasteiger partial charge in [0.1, 0.15) is 0 Å². The van der Waals surface area contributed by atoms with Crippen LogP contribution in [0.4, 0.5) is 0 Å². The highest BCUT2D eigenvalue weighted by atomic mass is 16.5. The van der Waals surface area contributed by atoms with Crippen molar-refractivity contribution in [1.82, 2.24) is 19.6 Å². The van der Waals surface area contributed by atoms with E-state index in [0.29, 0.717) is 11.9 Å². The zero-order chi connectivity index (χ0) is 19.1. The lowest BCUT2D eigenvalue weighted by Gasteiger charge is -2.43. The molecule has 1 amide bonds. The molecule has 0 spiro atoms. The molecule has 7 heteroatoms. The molecular formula is C20H38N4O3. The lowest BCUT2D eigenvalue weighted by molar-refractivity contribution is -0.138. The Morgan fingerprint density at radius 1 is 0.889 bits per heavy atom. The zero-order valence-electron chi connectivity index (χ0n) is 17.0. The minimum Gasteiger partial charge on any atom is -0.395 e. The predicted molar refractivity (Wildman–Crippen MR) is 106 cm³/mol. The summed E-state index contributed by atoms with van der Waals surface area (Å²) in [5.74, 6) is 0.620. The van der Waals surface area contributed by atoms with Crippen LogP contribution in [0.5, 0.6) is 0 Å². The smallest absolute Gasteiger partial charge is 0.225 e. The first-order valence-electron chi connectivity index (χ1n) is 10.8. The number of rotatable bonds is 7. The number of hydrogen-bond acceptors (Lipinski definition) is 6. The zero-order valence-corrected chi connectivity index (χ0v) is 17.0. The molecule has 0 radical (unpaired) electrons. The van der Waals surface area contributed by atoms with Gasteiger partial charge >= 0.3 is 0 Å². The molecule has 0 saturated carbocycles. The van der Waals surface area contributed by atoms with Gasteiger partial charge in [-0.3, -0.25) is 14.6 Å². The number of aliphatic hydroxyl groups excluding tert-OH is 1. The van der Waals surface area contributed by atoms with E-state index >= 15 is 0 Å². The Hall–Kier alpha value is -0.730. The monoisotopic (exact) mass is 382 g/mol. The summed E-state index contributed by atoms with van der Waals surface area (Å²) in [5, 5.41) is 9.07. The molecule has 3 aliphatic heterocycles. The van der Waals surface area contributed by atoms with Gasteiger partial charge in [-0.15, -0.1) is 0 Å². The summed E-state index contributed by atoms with van der Waals surface area (Å²) in [7, 11) is 1.74. The normalized spacial score (nSPS) is 25.2. The lowest BCUT2D eigenvalue weighted by atomic mass is 9.93. The van der Waals surface area contributed by atoms with E-state index in [4.69, 9.17) is 9.84 Å². The van der Waals surface area contributed by atoms with Crippen molar-refractivity contribution in [3.05, 3.63) is 0 Å². The van der Waals surface area contributed by atoms with Gasteiger partial charge in [0.2, 0.25) is 5.91 Å². The number of carbonyl (C=O) groups excluding carboxylic acids is 1. The molecule has 3 saturated heterocycles. The van der Waals surface area contributed by atoms with Gasteiger partial charge in [-0.2, -0.15) is 0 Å². The van der Waals surface area contributed by atoms with Crippen molar-refractivity contribution in [2.75, 3.05) is 85.8 Å². The largest absolute Gasteiger partial charge is 0.395 e. The summed E-state index contributed by atoms with van der Waals surface area (Å²) in [5.41, 5.74) is 0. The van der Waals surface area contributed by atoms with Crippen LogP contribution in [0.1, 0.15) is 25.7 Å². The first-order chi connectivity index (χ1) is 13.2. The van der Waals surface area contributed by atoms with E-state index in [2.05, 4.69) is 19.6 Å². The van der Waals surface area contributed by atoms with Crippen LogP contribution in [0.15, 0.2) is 0 Å². The number of methoxy groups -OCH3 is 1. The molecule has 0 bridgehead atoms. The van der Waals surface area contributed by atoms with Gasteiger partial charge in [-0.05, 0) is 38.8 Å². The van der Waals surface area contributed by atoms with Crippen LogP contribution >= 0.6 is 0 Å². The van der Waals surface area contributed by atoms with Crippen molar-refractivity contribution >= 4 is 5.91 Å². The molecule has 0 unspecified atom stereocenters. The van der Waals surface area contributed by atoms with E-state index in [0.717, 1.165) is 97.7 Å². The number of piperidine rings is 2. The second-order valence-electron chi connectivity index (χ2n) is 8.27. The highest BCUT2D eigenvalue weighted by molar-refractivity contribution is 5.79. The van der Waals surface area contributed by atoms with Crippen molar-refractivity contribution in [3.8, 4) is 0 Å². The van der Waals surface area contributed by atoms with Crippen LogP contribution in [0.3, 0.4) is 0 Å². The second-order valence-corrected chi connectivity index (χ2v) is 8.27. The minimum absolute atomic E-state index is 0.224. The van der Waals surface area contributed by atoms with Gasteiger partial charge in [-0.1, -0.05) is 0 Å². The van der Waals surface area contributed by atoms with Gasteiger partial charge in [0, 0.05) is 71.4 Å². The van der Waals surface area contributed by atoms with Crippen LogP contribution in [-0.2, 0) is 9.53 Å². The van der Waals surface area contributed by atoms with Crippen LogP contribution in [0, 0.1) is 5.92 Å². The number of piperazine rings is 1. The Morgan fingerprint density at radius 2 is 1.52 bits per heavy atom. The highest BCUT2D eigenvalue weighted by Crippen LogP contribution is 2.24. The quantitative estimate of drug-likeness (QED) is 0.666. The summed E-state index contributed by atoms with van der Waals surface area (Å²) in [6.07, 6.45) is 4.21. The molecule has 3 aliphatic rings. The fourth-order valence-electron chi connectivity index (χ4n) is 4.83. The van der Waals surface area contributed by atoms with Gasteiger partial charge in [-0.25, -0.2) is 0 Å². The van der Waals surface area contributed by atoms with E-state index in [1.54, 1.807) is 7.11 Å². The average molecular weight is 383 g/mol. The molecule has 156 valence electrons. The number of likely N-dealkylation sites (tertiary alicyclic amines) is 2. The Kier molecular flexibility index (Phi) is 8.33. The van der Waals surface area contributed by atoms with Crippen LogP contribution in [0.2, 0.25) is 0 Å². The molecule has 0 atom stereocenters. The fraction of sp³-hybridized carbons (Fsp3) is 0.950. The number of nitrogens with zero attached hydrogens (tertiary/aromatic N) is 4. The number of hydrogen-bond donors (Lipinski definition) is 1. The van der Waals surface area contributed by atoms with Crippen LogP contribution in [0.25, 0.3) is 0 Å². The third-order valence-corrected chi connectivity index (χ3v) is 6.66. The molecule has 3 rings (SSSR count). The van der Waals surface area contributed by atoms with Gasteiger partial charge in [0.25, 0.3) is 0 Å².